The lowest BCUT2D eigenvalue weighted by Gasteiger charge is -2.20. The first-order chi connectivity index (χ1) is 14.0. The van der Waals surface area contributed by atoms with Crippen LogP contribution in [0.3, 0.4) is 0 Å². The Kier molecular flexibility index (Phi) is 5.41. The highest BCUT2D eigenvalue weighted by Gasteiger charge is 2.23. The van der Waals surface area contributed by atoms with E-state index in [1.54, 1.807) is 22.4 Å². The van der Waals surface area contributed by atoms with E-state index >= 15 is 0 Å². The molecule has 0 N–H and O–H groups in total. The lowest BCUT2D eigenvalue weighted by atomic mass is 10.0. The number of hydrogen-bond donors (Lipinski definition) is 0. The second kappa shape index (κ2) is 8.13. The predicted octanol–water partition coefficient (Wildman–Crippen LogP) is 5.72. The second-order valence-electron chi connectivity index (χ2n) is 7.18. The number of nitrogens with zero attached hydrogens (tertiary/aromatic N) is 3. The van der Waals surface area contributed by atoms with Crippen LogP contribution in [0.15, 0.2) is 60.8 Å². The fraction of sp³-hybridized carbons (Fsp3) is 0.208. The van der Waals surface area contributed by atoms with Crippen LogP contribution in [-0.2, 0) is 13.0 Å². The van der Waals surface area contributed by atoms with Crippen molar-refractivity contribution in [3.63, 3.8) is 0 Å². The molecule has 4 rings (SSSR count). The maximum atomic E-state index is 13.5. The Labute approximate surface area is 174 Å². The average molecular weight is 402 g/mol. The SMILES string of the molecule is CCc1ccc2nc(N(Cc3ccccn3)C(=O)c3ccc(C)cc3C)sc2c1. The number of aryl methyl sites for hydroxylation is 3. The second-order valence-corrected chi connectivity index (χ2v) is 8.19. The summed E-state index contributed by atoms with van der Waals surface area (Å²) in [4.78, 5) is 24.5. The molecule has 0 saturated heterocycles. The lowest BCUT2D eigenvalue weighted by Crippen LogP contribution is -2.31. The van der Waals surface area contributed by atoms with Gasteiger partial charge in [0.2, 0.25) is 0 Å². The highest BCUT2D eigenvalue weighted by atomic mass is 32.1. The summed E-state index contributed by atoms with van der Waals surface area (Å²) < 4.78 is 1.10. The summed E-state index contributed by atoms with van der Waals surface area (Å²) in [7, 11) is 0. The highest BCUT2D eigenvalue weighted by Crippen LogP contribution is 2.32. The molecule has 0 aliphatic heterocycles. The van der Waals surface area contributed by atoms with Crippen molar-refractivity contribution in [3.05, 3.63) is 88.7 Å². The standard InChI is InChI=1S/C24H23N3OS/c1-4-18-9-11-21-22(14-18)29-24(26-21)27(15-19-7-5-6-12-25-19)23(28)20-10-8-16(2)13-17(20)3/h5-14H,4,15H2,1-3H3. The van der Waals surface area contributed by atoms with Crippen molar-refractivity contribution in [2.45, 2.75) is 33.7 Å². The van der Waals surface area contributed by atoms with Crippen LogP contribution in [0.4, 0.5) is 5.13 Å². The van der Waals surface area contributed by atoms with Gasteiger partial charge in [0, 0.05) is 11.8 Å². The van der Waals surface area contributed by atoms with Crippen molar-refractivity contribution in [2.24, 2.45) is 0 Å². The molecule has 2 aromatic heterocycles. The molecule has 0 radical (unpaired) electrons. The highest BCUT2D eigenvalue weighted by molar-refractivity contribution is 7.22. The van der Waals surface area contributed by atoms with E-state index in [9.17, 15) is 4.79 Å². The smallest absolute Gasteiger partial charge is 0.260 e. The zero-order chi connectivity index (χ0) is 20.4. The molecule has 0 unspecified atom stereocenters. The van der Waals surface area contributed by atoms with Gasteiger partial charge in [-0.05, 0) is 61.7 Å². The molecule has 2 heterocycles. The summed E-state index contributed by atoms with van der Waals surface area (Å²) in [5.41, 5.74) is 5.82. The molecule has 146 valence electrons. The minimum Gasteiger partial charge on any atom is -0.278 e. The molecule has 4 aromatic rings. The van der Waals surface area contributed by atoms with Crippen molar-refractivity contribution >= 4 is 32.6 Å². The van der Waals surface area contributed by atoms with E-state index in [-0.39, 0.29) is 5.91 Å². The first-order valence-electron chi connectivity index (χ1n) is 9.73. The normalized spacial score (nSPS) is 11.0. The van der Waals surface area contributed by atoms with Crippen LogP contribution < -0.4 is 4.90 Å². The molecule has 2 aromatic carbocycles. The van der Waals surface area contributed by atoms with Gasteiger partial charge in [0.15, 0.2) is 5.13 Å². The summed E-state index contributed by atoms with van der Waals surface area (Å²) in [6.07, 6.45) is 2.73. The van der Waals surface area contributed by atoms with Crippen LogP contribution in [0.2, 0.25) is 0 Å². The van der Waals surface area contributed by atoms with Crippen molar-refractivity contribution in [2.75, 3.05) is 4.90 Å². The molecule has 29 heavy (non-hydrogen) atoms. The largest absolute Gasteiger partial charge is 0.278 e. The van der Waals surface area contributed by atoms with Crippen LogP contribution in [0.1, 0.15) is 39.7 Å². The monoisotopic (exact) mass is 401 g/mol. The van der Waals surface area contributed by atoms with Crippen molar-refractivity contribution in [1.82, 2.24) is 9.97 Å². The molecular formula is C24H23N3OS. The lowest BCUT2D eigenvalue weighted by molar-refractivity contribution is 0.0984. The van der Waals surface area contributed by atoms with Gasteiger partial charge in [-0.15, -0.1) is 0 Å². The Morgan fingerprint density at radius 2 is 1.93 bits per heavy atom. The van der Waals surface area contributed by atoms with Crippen LogP contribution in [0, 0.1) is 13.8 Å². The quantitative estimate of drug-likeness (QED) is 0.430. The molecule has 0 atom stereocenters. The number of amides is 1. The number of carbonyl (C=O) groups excluding carboxylic acids is 1. The Morgan fingerprint density at radius 3 is 2.66 bits per heavy atom. The first kappa shape index (κ1) is 19.3. The molecule has 0 bridgehead atoms. The summed E-state index contributed by atoms with van der Waals surface area (Å²) in [5.74, 6) is -0.0528. The van der Waals surface area contributed by atoms with Gasteiger partial charge in [-0.2, -0.15) is 0 Å². The molecule has 0 fully saturated rings. The van der Waals surface area contributed by atoms with E-state index < -0.39 is 0 Å². The molecule has 0 aliphatic rings. The van der Waals surface area contributed by atoms with Gasteiger partial charge in [0.05, 0.1) is 22.5 Å². The van der Waals surface area contributed by atoms with Crippen LogP contribution in [0.5, 0.6) is 0 Å². The van der Waals surface area contributed by atoms with Gasteiger partial charge in [-0.1, -0.05) is 48.1 Å². The topological polar surface area (TPSA) is 46.1 Å². The van der Waals surface area contributed by atoms with E-state index in [2.05, 4.69) is 24.0 Å². The van der Waals surface area contributed by atoms with Gasteiger partial charge < -0.3 is 0 Å². The number of anilines is 1. The third kappa shape index (κ3) is 4.05. The fourth-order valence-corrected chi connectivity index (χ4v) is 4.40. The number of pyridine rings is 1. The number of benzene rings is 2. The van der Waals surface area contributed by atoms with Gasteiger partial charge >= 0.3 is 0 Å². The van der Waals surface area contributed by atoms with Crippen LogP contribution in [-0.4, -0.2) is 15.9 Å². The van der Waals surface area contributed by atoms with Crippen molar-refractivity contribution in [1.29, 1.82) is 0 Å². The maximum Gasteiger partial charge on any atom is 0.260 e. The maximum absolute atomic E-state index is 13.5. The van der Waals surface area contributed by atoms with Crippen molar-refractivity contribution < 1.29 is 4.79 Å². The minimum absolute atomic E-state index is 0.0528. The van der Waals surface area contributed by atoms with E-state index in [1.165, 1.54) is 5.56 Å². The minimum atomic E-state index is -0.0528. The van der Waals surface area contributed by atoms with E-state index in [1.807, 2.05) is 56.3 Å². The van der Waals surface area contributed by atoms with Crippen LogP contribution in [0.25, 0.3) is 10.2 Å². The van der Waals surface area contributed by atoms with Crippen LogP contribution >= 0.6 is 11.3 Å². The van der Waals surface area contributed by atoms with Gasteiger partial charge in [0.1, 0.15) is 0 Å². The average Bonchev–Trinajstić information content (AvgIpc) is 3.15. The number of fused-ring (bicyclic) bond motifs is 1. The first-order valence-corrected chi connectivity index (χ1v) is 10.6. The Hall–Kier alpha value is -3.05. The Morgan fingerprint density at radius 1 is 1.07 bits per heavy atom. The van der Waals surface area contributed by atoms with Gasteiger partial charge in [-0.25, -0.2) is 4.98 Å². The molecule has 4 nitrogen and oxygen atoms in total. The summed E-state index contributed by atoms with van der Waals surface area (Å²) in [6, 6.07) is 18.0. The third-order valence-corrected chi connectivity index (χ3v) is 6.03. The molecule has 0 saturated carbocycles. The van der Waals surface area contributed by atoms with Gasteiger partial charge in [0.25, 0.3) is 5.91 Å². The van der Waals surface area contributed by atoms with E-state index in [0.717, 1.165) is 33.5 Å². The number of rotatable bonds is 5. The zero-order valence-electron chi connectivity index (χ0n) is 16.8. The summed E-state index contributed by atoms with van der Waals surface area (Å²) >= 11 is 1.55. The van der Waals surface area contributed by atoms with Crippen molar-refractivity contribution in [3.8, 4) is 0 Å². The molecule has 0 aliphatic carbocycles. The summed E-state index contributed by atoms with van der Waals surface area (Å²) in [5, 5.41) is 0.698. The summed E-state index contributed by atoms with van der Waals surface area (Å²) in [6.45, 7) is 6.53. The number of thiazole rings is 1. The van der Waals surface area contributed by atoms with Gasteiger partial charge in [-0.3, -0.25) is 14.7 Å². The predicted molar refractivity (Wildman–Crippen MR) is 120 cm³/mol. The Bertz CT molecular complexity index is 1170. The molecule has 5 heteroatoms. The molecular weight excluding hydrogens is 378 g/mol. The van der Waals surface area contributed by atoms with E-state index in [4.69, 9.17) is 4.98 Å². The Balaban J connectivity index is 1.78. The number of carbonyl (C=O) groups is 1. The fourth-order valence-electron chi connectivity index (χ4n) is 3.37. The number of aromatic nitrogens is 2. The molecule has 1 amide bonds. The molecule has 0 spiro atoms. The number of hydrogen-bond acceptors (Lipinski definition) is 4. The zero-order valence-corrected chi connectivity index (χ0v) is 17.7. The van der Waals surface area contributed by atoms with E-state index in [0.29, 0.717) is 17.2 Å². The third-order valence-electron chi connectivity index (χ3n) is 4.98.